The summed E-state index contributed by atoms with van der Waals surface area (Å²) >= 11 is 0. The van der Waals surface area contributed by atoms with Gasteiger partial charge in [-0.2, -0.15) is 0 Å². The molecule has 0 heterocycles. The first-order valence-corrected chi connectivity index (χ1v) is 7.55. The van der Waals surface area contributed by atoms with Crippen LogP contribution in [0.1, 0.15) is 19.4 Å². The molecular formula is C19H23NO4. The van der Waals surface area contributed by atoms with Crippen LogP contribution in [0.2, 0.25) is 0 Å². The molecule has 1 aromatic carbocycles. The predicted molar refractivity (Wildman–Crippen MR) is 94.1 cm³/mol. The van der Waals surface area contributed by atoms with Crippen molar-refractivity contribution < 1.29 is 19.1 Å². The average molecular weight is 329 g/mol. The summed E-state index contributed by atoms with van der Waals surface area (Å²) in [6.45, 7) is 7.63. The molecule has 0 unspecified atom stereocenters. The van der Waals surface area contributed by atoms with Crippen molar-refractivity contribution in [2.75, 3.05) is 20.7 Å². The molecule has 24 heavy (non-hydrogen) atoms. The molecule has 0 aliphatic carbocycles. The van der Waals surface area contributed by atoms with E-state index in [2.05, 4.69) is 6.58 Å². The van der Waals surface area contributed by atoms with E-state index in [-0.39, 0.29) is 6.61 Å². The Labute approximate surface area is 142 Å². The molecule has 0 atom stereocenters. The van der Waals surface area contributed by atoms with Gasteiger partial charge in [-0.3, -0.25) is 0 Å². The van der Waals surface area contributed by atoms with E-state index in [1.807, 2.05) is 30.3 Å². The fourth-order valence-corrected chi connectivity index (χ4v) is 1.70. The maximum atomic E-state index is 11.9. The van der Waals surface area contributed by atoms with Crippen LogP contribution < -0.4 is 0 Å². The van der Waals surface area contributed by atoms with Crippen LogP contribution in [0.15, 0.2) is 60.2 Å². The summed E-state index contributed by atoms with van der Waals surface area (Å²) in [5, 5.41) is 0. The fourth-order valence-electron chi connectivity index (χ4n) is 1.70. The predicted octanol–water partition coefficient (Wildman–Crippen LogP) is 3.79. The van der Waals surface area contributed by atoms with Gasteiger partial charge in [0.05, 0.1) is 6.61 Å². The van der Waals surface area contributed by atoms with E-state index in [0.29, 0.717) is 22.5 Å². The second kappa shape index (κ2) is 9.35. The van der Waals surface area contributed by atoms with Crippen LogP contribution in [0.3, 0.4) is 0 Å². The van der Waals surface area contributed by atoms with Gasteiger partial charge >= 0.3 is 12.1 Å². The molecule has 128 valence electrons. The molecule has 0 bridgehead atoms. The monoisotopic (exact) mass is 329 g/mol. The van der Waals surface area contributed by atoms with Gasteiger partial charge in [0.2, 0.25) is 0 Å². The average Bonchev–Trinajstić information content (AvgIpc) is 2.54. The molecule has 0 fully saturated rings. The van der Waals surface area contributed by atoms with Gasteiger partial charge in [0.1, 0.15) is 5.76 Å². The number of amides is 1. The zero-order valence-corrected chi connectivity index (χ0v) is 14.5. The topological polar surface area (TPSA) is 55.8 Å². The minimum absolute atomic E-state index is 0.281. The SMILES string of the molecule is C=C(C)C(/C=C(\OC(=O)N(C)C)c1ccccc1)=C/C(=O)OCC. The van der Waals surface area contributed by atoms with Crippen LogP contribution >= 0.6 is 0 Å². The van der Waals surface area contributed by atoms with E-state index in [9.17, 15) is 9.59 Å². The van der Waals surface area contributed by atoms with E-state index < -0.39 is 12.1 Å². The quantitative estimate of drug-likeness (QED) is 0.345. The first-order chi connectivity index (χ1) is 11.3. The number of carbonyl (C=O) groups excluding carboxylic acids is 2. The van der Waals surface area contributed by atoms with Gasteiger partial charge in [0, 0.05) is 25.7 Å². The highest BCUT2D eigenvalue weighted by Gasteiger charge is 2.13. The number of allylic oxidation sites excluding steroid dienone is 3. The van der Waals surface area contributed by atoms with Crippen molar-refractivity contribution in [2.45, 2.75) is 13.8 Å². The molecule has 0 aromatic heterocycles. The third-order valence-electron chi connectivity index (χ3n) is 2.96. The van der Waals surface area contributed by atoms with Crippen LogP contribution in [-0.2, 0) is 14.3 Å². The van der Waals surface area contributed by atoms with Crippen molar-refractivity contribution in [3.05, 3.63) is 65.8 Å². The number of nitrogens with zero attached hydrogens (tertiary/aromatic N) is 1. The number of benzene rings is 1. The van der Waals surface area contributed by atoms with Crippen molar-refractivity contribution in [3.8, 4) is 0 Å². The van der Waals surface area contributed by atoms with E-state index in [0.717, 1.165) is 0 Å². The van der Waals surface area contributed by atoms with Gasteiger partial charge in [0.15, 0.2) is 0 Å². The Hall–Kier alpha value is -2.82. The zero-order chi connectivity index (χ0) is 18.1. The molecule has 1 aromatic rings. The zero-order valence-electron chi connectivity index (χ0n) is 14.5. The van der Waals surface area contributed by atoms with Gasteiger partial charge < -0.3 is 14.4 Å². The minimum Gasteiger partial charge on any atom is -0.463 e. The van der Waals surface area contributed by atoms with Crippen molar-refractivity contribution >= 4 is 17.8 Å². The van der Waals surface area contributed by atoms with Gasteiger partial charge in [-0.1, -0.05) is 42.5 Å². The van der Waals surface area contributed by atoms with Crippen LogP contribution in [0, 0.1) is 0 Å². The summed E-state index contributed by atoms with van der Waals surface area (Å²) in [7, 11) is 3.19. The Bertz CT molecular complexity index is 657. The van der Waals surface area contributed by atoms with Crippen molar-refractivity contribution in [3.63, 3.8) is 0 Å². The van der Waals surface area contributed by atoms with E-state index >= 15 is 0 Å². The normalized spacial score (nSPS) is 11.7. The molecule has 1 amide bonds. The summed E-state index contributed by atoms with van der Waals surface area (Å²) in [4.78, 5) is 25.0. The summed E-state index contributed by atoms with van der Waals surface area (Å²) in [5.74, 6) is -0.147. The number of esters is 1. The lowest BCUT2D eigenvalue weighted by Crippen LogP contribution is -2.22. The van der Waals surface area contributed by atoms with Crippen LogP contribution in [0.5, 0.6) is 0 Å². The molecule has 0 spiro atoms. The number of rotatable bonds is 6. The highest BCUT2D eigenvalue weighted by atomic mass is 16.6. The Morgan fingerprint density at radius 3 is 2.29 bits per heavy atom. The molecule has 5 nitrogen and oxygen atoms in total. The molecule has 5 heteroatoms. The molecule has 0 saturated carbocycles. The Morgan fingerprint density at radius 1 is 1.17 bits per heavy atom. The smallest absolute Gasteiger partial charge is 0.414 e. The van der Waals surface area contributed by atoms with Crippen LogP contribution in [0.4, 0.5) is 4.79 Å². The van der Waals surface area contributed by atoms with Crippen LogP contribution in [0.25, 0.3) is 5.76 Å². The number of ether oxygens (including phenoxy) is 2. The van der Waals surface area contributed by atoms with E-state index in [1.165, 1.54) is 11.0 Å². The largest absolute Gasteiger partial charge is 0.463 e. The number of carbonyl (C=O) groups is 2. The molecular weight excluding hydrogens is 306 g/mol. The summed E-state index contributed by atoms with van der Waals surface area (Å²) in [5.41, 5.74) is 1.89. The summed E-state index contributed by atoms with van der Waals surface area (Å²) in [6, 6.07) is 9.16. The van der Waals surface area contributed by atoms with Crippen molar-refractivity contribution in [1.82, 2.24) is 4.90 Å². The summed E-state index contributed by atoms with van der Waals surface area (Å²) in [6.07, 6.45) is 2.43. The minimum atomic E-state index is -0.512. The van der Waals surface area contributed by atoms with E-state index in [4.69, 9.17) is 9.47 Å². The molecule has 0 saturated heterocycles. The Balaban J connectivity index is 3.28. The van der Waals surface area contributed by atoms with Gasteiger partial charge in [0.25, 0.3) is 0 Å². The van der Waals surface area contributed by atoms with Crippen molar-refractivity contribution in [1.29, 1.82) is 0 Å². The summed E-state index contributed by atoms with van der Waals surface area (Å²) < 4.78 is 10.4. The lowest BCUT2D eigenvalue weighted by atomic mass is 10.1. The maximum absolute atomic E-state index is 11.9. The highest BCUT2D eigenvalue weighted by Crippen LogP contribution is 2.21. The van der Waals surface area contributed by atoms with Crippen LogP contribution in [-0.4, -0.2) is 37.7 Å². The maximum Gasteiger partial charge on any atom is 0.414 e. The fraction of sp³-hybridized carbons (Fsp3) is 0.263. The highest BCUT2D eigenvalue weighted by molar-refractivity contribution is 5.86. The van der Waals surface area contributed by atoms with E-state index in [1.54, 1.807) is 34.0 Å². The number of hydrogen-bond acceptors (Lipinski definition) is 4. The standard InChI is InChI=1S/C19H23NO4/c1-6-23-18(21)13-16(14(2)3)12-17(24-19(22)20(4)5)15-10-8-7-9-11-15/h7-13H,2,6H2,1,3-5H3/b16-13+,17-12-. The first-order valence-electron chi connectivity index (χ1n) is 7.55. The third-order valence-corrected chi connectivity index (χ3v) is 2.96. The molecule has 0 aliphatic heterocycles. The Kier molecular flexibility index (Phi) is 7.49. The second-order valence-electron chi connectivity index (χ2n) is 5.27. The molecule has 0 N–H and O–H groups in total. The van der Waals surface area contributed by atoms with Gasteiger partial charge in [-0.15, -0.1) is 0 Å². The lowest BCUT2D eigenvalue weighted by molar-refractivity contribution is -0.137. The van der Waals surface area contributed by atoms with Crippen molar-refractivity contribution in [2.24, 2.45) is 0 Å². The lowest BCUT2D eigenvalue weighted by Gasteiger charge is -2.14. The third kappa shape index (κ3) is 6.12. The van der Waals surface area contributed by atoms with Gasteiger partial charge in [-0.05, 0) is 25.5 Å². The first kappa shape index (κ1) is 19.2. The Morgan fingerprint density at radius 2 is 1.79 bits per heavy atom. The second-order valence-corrected chi connectivity index (χ2v) is 5.27. The van der Waals surface area contributed by atoms with Gasteiger partial charge in [-0.25, -0.2) is 9.59 Å². The number of hydrogen-bond donors (Lipinski definition) is 0. The molecule has 1 rings (SSSR count). The molecule has 0 radical (unpaired) electrons. The molecule has 0 aliphatic rings.